The zero-order valence-corrected chi connectivity index (χ0v) is 19.1. The zero-order valence-electron chi connectivity index (χ0n) is 18.3. The van der Waals surface area contributed by atoms with E-state index in [2.05, 4.69) is 41.3 Å². The Kier molecular flexibility index (Phi) is 7.94. The topological polar surface area (TPSA) is 34.5 Å². The van der Waals surface area contributed by atoms with Crippen LogP contribution in [-0.4, -0.2) is 42.0 Å². The molecule has 2 heterocycles. The number of hydrogen-bond donors (Lipinski definition) is 0. The molecule has 0 unspecified atom stereocenters. The first kappa shape index (κ1) is 23.1. The number of carbonyl (C=O) groups is 1. The van der Waals surface area contributed by atoms with Crippen LogP contribution in [0.3, 0.4) is 0 Å². The molecule has 0 radical (unpaired) electrons. The van der Waals surface area contributed by atoms with Gasteiger partial charge in [-0.25, -0.2) is 0 Å². The van der Waals surface area contributed by atoms with Crippen LogP contribution >= 0.6 is 12.4 Å². The summed E-state index contributed by atoms with van der Waals surface area (Å²) in [5.74, 6) is 1.32. The predicted molar refractivity (Wildman–Crippen MR) is 129 cm³/mol. The van der Waals surface area contributed by atoms with Crippen LogP contribution in [0.2, 0.25) is 0 Å². The number of allylic oxidation sites excluding steroid dienone is 2. The van der Waals surface area contributed by atoms with Gasteiger partial charge in [0, 0.05) is 36.3 Å². The van der Waals surface area contributed by atoms with Crippen LogP contribution < -0.4 is 4.74 Å². The Morgan fingerprint density at radius 3 is 2.58 bits per heavy atom. The lowest BCUT2D eigenvalue weighted by atomic mass is 9.95. The zero-order chi connectivity index (χ0) is 20.9. The van der Waals surface area contributed by atoms with Crippen molar-refractivity contribution in [3.8, 4) is 5.75 Å². The van der Waals surface area contributed by atoms with Crippen LogP contribution in [0.4, 0.5) is 0 Å². The van der Waals surface area contributed by atoms with E-state index in [0.29, 0.717) is 5.92 Å². The lowest BCUT2D eigenvalue weighted by molar-refractivity contribution is 0.104. The van der Waals surface area contributed by atoms with Crippen molar-refractivity contribution in [2.24, 2.45) is 13.0 Å². The van der Waals surface area contributed by atoms with Crippen LogP contribution in [0.25, 0.3) is 10.9 Å². The smallest absolute Gasteiger partial charge is 0.187 e. The molecule has 2 aromatic carbocycles. The minimum absolute atomic E-state index is 0. The molecule has 1 aromatic heterocycles. The second-order valence-electron chi connectivity index (χ2n) is 8.17. The fourth-order valence-corrected chi connectivity index (χ4v) is 4.31. The first-order valence-electron chi connectivity index (χ1n) is 10.8. The second kappa shape index (κ2) is 10.7. The monoisotopic (exact) mass is 438 g/mol. The summed E-state index contributed by atoms with van der Waals surface area (Å²) < 4.78 is 7.34. The number of rotatable bonds is 7. The summed E-state index contributed by atoms with van der Waals surface area (Å²) in [6.45, 7) is 3.31. The molecule has 0 aliphatic carbocycles. The van der Waals surface area contributed by atoms with Crippen molar-refractivity contribution in [2.45, 2.75) is 19.3 Å². The van der Waals surface area contributed by atoms with Crippen molar-refractivity contribution in [1.82, 2.24) is 9.47 Å². The third kappa shape index (κ3) is 5.57. The Morgan fingerprint density at radius 1 is 1.13 bits per heavy atom. The number of benzene rings is 2. The van der Waals surface area contributed by atoms with Gasteiger partial charge in [0.1, 0.15) is 5.75 Å². The number of methoxy groups -OCH3 is 1. The molecule has 0 bridgehead atoms. The summed E-state index contributed by atoms with van der Waals surface area (Å²) in [6, 6.07) is 16.6. The van der Waals surface area contributed by atoms with Crippen molar-refractivity contribution in [1.29, 1.82) is 0 Å². The van der Waals surface area contributed by atoms with Gasteiger partial charge in [-0.3, -0.25) is 4.79 Å². The second-order valence-corrected chi connectivity index (χ2v) is 8.17. The maximum Gasteiger partial charge on any atom is 0.187 e. The van der Waals surface area contributed by atoms with E-state index in [-0.39, 0.29) is 18.2 Å². The highest BCUT2D eigenvalue weighted by Crippen LogP contribution is 2.26. The number of carbonyl (C=O) groups excluding carboxylic acids is 1. The Hall–Kier alpha value is -2.56. The van der Waals surface area contributed by atoms with E-state index < -0.39 is 0 Å². The number of piperidine rings is 1. The lowest BCUT2D eigenvalue weighted by Gasteiger charge is -2.30. The summed E-state index contributed by atoms with van der Waals surface area (Å²) >= 11 is 0. The van der Waals surface area contributed by atoms with Crippen molar-refractivity contribution in [3.05, 3.63) is 78.0 Å². The normalized spacial score (nSPS) is 15.3. The highest BCUT2D eigenvalue weighted by molar-refractivity contribution is 6.13. The van der Waals surface area contributed by atoms with Crippen LogP contribution in [0.15, 0.2) is 66.9 Å². The largest absolute Gasteiger partial charge is 0.497 e. The average molecular weight is 439 g/mol. The minimum atomic E-state index is 0. The number of aryl methyl sites for hydroxylation is 1. The highest BCUT2D eigenvalue weighted by Gasteiger charge is 2.18. The number of hydrogen-bond acceptors (Lipinski definition) is 3. The predicted octanol–water partition coefficient (Wildman–Crippen LogP) is 5.30. The molecule has 0 atom stereocenters. The lowest BCUT2D eigenvalue weighted by Crippen LogP contribution is -2.34. The van der Waals surface area contributed by atoms with E-state index in [1.807, 2.05) is 36.0 Å². The number of ketones is 1. The highest BCUT2D eigenvalue weighted by atomic mass is 35.5. The summed E-state index contributed by atoms with van der Waals surface area (Å²) in [7, 11) is 3.62. The van der Waals surface area contributed by atoms with Gasteiger partial charge >= 0.3 is 0 Å². The van der Waals surface area contributed by atoms with Gasteiger partial charge in [0.15, 0.2) is 5.78 Å². The molecule has 1 saturated heterocycles. The summed E-state index contributed by atoms with van der Waals surface area (Å²) in [5.41, 5.74) is 3.18. The van der Waals surface area contributed by atoms with Gasteiger partial charge in [-0.15, -0.1) is 12.4 Å². The molecule has 1 aliphatic rings. The van der Waals surface area contributed by atoms with E-state index >= 15 is 0 Å². The molecule has 5 heteroatoms. The van der Waals surface area contributed by atoms with Crippen LogP contribution in [0.1, 0.15) is 28.8 Å². The third-order valence-corrected chi connectivity index (χ3v) is 6.17. The Labute approximate surface area is 190 Å². The standard InChI is InChI=1S/C26H30N2O2.ClH/c1-27-19-24(23-18-22(30-2)9-10-25(23)27)26(29)11-8-21-13-16-28(17-14-21)15-12-20-6-4-3-5-7-20;/h3-11,18-19,21H,12-17H2,1-2H3;1H. The van der Waals surface area contributed by atoms with Gasteiger partial charge in [0.05, 0.1) is 7.11 Å². The van der Waals surface area contributed by atoms with Crippen molar-refractivity contribution >= 4 is 29.1 Å². The van der Waals surface area contributed by atoms with Gasteiger partial charge in [-0.05, 0) is 68.1 Å². The fourth-order valence-electron chi connectivity index (χ4n) is 4.31. The van der Waals surface area contributed by atoms with Crippen molar-refractivity contribution in [2.75, 3.05) is 26.7 Å². The molecule has 1 fully saturated rings. The van der Waals surface area contributed by atoms with Gasteiger partial charge in [0.2, 0.25) is 0 Å². The molecule has 0 amide bonds. The molecular formula is C26H31ClN2O2. The summed E-state index contributed by atoms with van der Waals surface area (Å²) in [6.07, 6.45) is 9.14. The van der Waals surface area contributed by atoms with E-state index in [1.165, 1.54) is 5.56 Å². The Balaban J connectivity index is 0.00000272. The molecule has 0 spiro atoms. The number of fused-ring (bicyclic) bond motifs is 1. The Bertz CT molecular complexity index is 1030. The van der Waals surface area contributed by atoms with E-state index in [4.69, 9.17) is 4.74 Å². The summed E-state index contributed by atoms with van der Waals surface area (Å²) in [5, 5.41) is 0.947. The molecular weight excluding hydrogens is 408 g/mol. The van der Waals surface area contributed by atoms with Gasteiger partial charge in [-0.1, -0.05) is 36.4 Å². The van der Waals surface area contributed by atoms with E-state index in [0.717, 1.165) is 61.1 Å². The number of aromatic nitrogens is 1. The maximum atomic E-state index is 12.9. The first-order valence-corrected chi connectivity index (χ1v) is 10.8. The van der Waals surface area contributed by atoms with Crippen LogP contribution in [0.5, 0.6) is 5.75 Å². The molecule has 1 aliphatic heterocycles. The SMILES string of the molecule is COc1ccc2c(c1)c(C(=O)C=CC1CCN(CCc3ccccc3)CC1)cn2C.Cl. The van der Waals surface area contributed by atoms with Crippen LogP contribution in [0, 0.1) is 5.92 Å². The van der Waals surface area contributed by atoms with E-state index in [1.54, 1.807) is 13.2 Å². The Morgan fingerprint density at radius 2 is 1.87 bits per heavy atom. The minimum Gasteiger partial charge on any atom is -0.497 e. The molecule has 4 nitrogen and oxygen atoms in total. The third-order valence-electron chi connectivity index (χ3n) is 6.17. The molecule has 4 rings (SSSR count). The molecule has 3 aromatic rings. The number of halogens is 1. The number of likely N-dealkylation sites (tertiary alicyclic amines) is 1. The fraction of sp³-hybridized carbons (Fsp3) is 0.346. The number of ether oxygens (including phenoxy) is 1. The average Bonchev–Trinajstić information content (AvgIpc) is 3.13. The van der Waals surface area contributed by atoms with E-state index in [9.17, 15) is 4.79 Å². The molecule has 0 N–H and O–H groups in total. The molecule has 0 saturated carbocycles. The number of nitrogens with zero attached hydrogens (tertiary/aromatic N) is 2. The van der Waals surface area contributed by atoms with Crippen LogP contribution in [-0.2, 0) is 13.5 Å². The maximum absolute atomic E-state index is 12.9. The van der Waals surface area contributed by atoms with Crippen molar-refractivity contribution in [3.63, 3.8) is 0 Å². The quantitative estimate of drug-likeness (QED) is 0.370. The first-order chi connectivity index (χ1) is 14.6. The molecule has 31 heavy (non-hydrogen) atoms. The van der Waals surface area contributed by atoms with Crippen molar-refractivity contribution < 1.29 is 9.53 Å². The van der Waals surface area contributed by atoms with Gasteiger partial charge in [0.25, 0.3) is 0 Å². The van der Waals surface area contributed by atoms with Gasteiger partial charge < -0.3 is 14.2 Å². The summed E-state index contributed by atoms with van der Waals surface area (Å²) in [4.78, 5) is 15.4. The molecule has 164 valence electrons. The van der Waals surface area contributed by atoms with Gasteiger partial charge in [-0.2, -0.15) is 0 Å².